The van der Waals surface area contributed by atoms with E-state index in [4.69, 9.17) is 4.74 Å². The number of hydrogen-bond donors (Lipinski definition) is 0. The van der Waals surface area contributed by atoms with Crippen LogP contribution in [0.2, 0.25) is 0 Å². The van der Waals surface area contributed by atoms with E-state index in [-0.39, 0.29) is 29.1 Å². The van der Waals surface area contributed by atoms with Crippen molar-refractivity contribution in [1.82, 2.24) is 0 Å². The van der Waals surface area contributed by atoms with Crippen LogP contribution < -0.4 is 0 Å². The van der Waals surface area contributed by atoms with Crippen molar-refractivity contribution in [2.24, 2.45) is 28.6 Å². The number of rotatable bonds is 4. The van der Waals surface area contributed by atoms with Crippen LogP contribution in [0, 0.1) is 28.6 Å². The quantitative estimate of drug-likeness (QED) is 0.266. The first-order chi connectivity index (χ1) is 13.9. The zero-order valence-corrected chi connectivity index (χ0v) is 17.9. The van der Waals surface area contributed by atoms with Gasteiger partial charge in [-0.2, -0.15) is 21.6 Å². The molecule has 0 bridgehead atoms. The molecule has 5 nitrogen and oxygen atoms in total. The molecular formula is C21H27F3O5S. The second-order valence-corrected chi connectivity index (χ2v) is 11.1. The third-order valence-electron chi connectivity index (χ3n) is 8.30. The molecule has 0 spiro atoms. The van der Waals surface area contributed by atoms with Gasteiger partial charge >= 0.3 is 15.6 Å². The monoisotopic (exact) mass is 448 g/mol. The Morgan fingerprint density at radius 2 is 1.77 bits per heavy atom. The Labute approximate surface area is 174 Å². The average Bonchev–Trinajstić information content (AvgIpc) is 2.97. The van der Waals surface area contributed by atoms with Gasteiger partial charge in [-0.25, -0.2) is 0 Å². The van der Waals surface area contributed by atoms with Crippen LogP contribution in [-0.2, 0) is 23.8 Å². The van der Waals surface area contributed by atoms with Crippen LogP contribution in [0.15, 0.2) is 23.5 Å². The van der Waals surface area contributed by atoms with Crippen molar-refractivity contribution < 1.29 is 35.3 Å². The average molecular weight is 449 g/mol. The topological polar surface area (TPSA) is 69.7 Å². The van der Waals surface area contributed by atoms with Crippen LogP contribution in [0.1, 0.15) is 58.8 Å². The summed E-state index contributed by atoms with van der Waals surface area (Å²) in [6.45, 7) is 4.60. The van der Waals surface area contributed by atoms with Gasteiger partial charge in [0.15, 0.2) is 0 Å². The molecule has 4 aliphatic rings. The number of fused-ring (bicyclic) bond motifs is 5. The fourth-order valence-electron chi connectivity index (χ4n) is 6.64. The lowest BCUT2D eigenvalue weighted by molar-refractivity contribution is -0.135. The fraction of sp³-hybridized carbons (Fsp3) is 0.762. The smallest absolute Gasteiger partial charge is 0.464 e. The molecule has 4 aliphatic carbocycles. The second-order valence-electron chi connectivity index (χ2n) is 9.60. The molecule has 0 aromatic carbocycles. The molecule has 0 aromatic heterocycles. The SMILES string of the molecule is C[C@]12CC[C@H](OC=O)CC1=CCC1C2CC[C@]2(C)C(OS(=O)(=O)C(F)(F)F)=CCC12. The molecule has 0 heterocycles. The Morgan fingerprint density at radius 3 is 2.43 bits per heavy atom. The molecule has 0 radical (unpaired) electrons. The highest BCUT2D eigenvalue weighted by Gasteiger charge is 2.59. The fourth-order valence-corrected chi connectivity index (χ4v) is 7.23. The largest absolute Gasteiger partial charge is 0.534 e. The Kier molecular flexibility index (Phi) is 5.07. The highest BCUT2D eigenvalue weighted by molar-refractivity contribution is 7.87. The van der Waals surface area contributed by atoms with Crippen molar-refractivity contribution in [3.05, 3.63) is 23.5 Å². The van der Waals surface area contributed by atoms with Crippen LogP contribution in [0.3, 0.4) is 0 Å². The predicted molar refractivity (Wildman–Crippen MR) is 102 cm³/mol. The molecule has 168 valence electrons. The van der Waals surface area contributed by atoms with Gasteiger partial charge in [-0.15, -0.1) is 0 Å². The number of halogens is 3. The highest BCUT2D eigenvalue weighted by atomic mass is 32.2. The molecular weight excluding hydrogens is 421 g/mol. The zero-order valence-electron chi connectivity index (χ0n) is 17.1. The number of ether oxygens (including phenoxy) is 1. The molecule has 4 rings (SSSR count). The van der Waals surface area contributed by atoms with Gasteiger partial charge in [0.1, 0.15) is 11.9 Å². The summed E-state index contributed by atoms with van der Waals surface area (Å²) in [7, 11) is -5.66. The summed E-state index contributed by atoms with van der Waals surface area (Å²) in [6.07, 6.45) is 8.84. The van der Waals surface area contributed by atoms with E-state index in [0.717, 1.165) is 32.1 Å². The molecule has 0 amide bonds. The van der Waals surface area contributed by atoms with Crippen LogP contribution in [0.5, 0.6) is 0 Å². The van der Waals surface area contributed by atoms with Crippen LogP contribution >= 0.6 is 0 Å². The zero-order chi connectivity index (χ0) is 21.9. The number of hydrogen-bond acceptors (Lipinski definition) is 5. The van der Waals surface area contributed by atoms with E-state index in [1.807, 2.05) is 6.92 Å². The Hall–Kier alpha value is -1.51. The van der Waals surface area contributed by atoms with E-state index < -0.39 is 21.0 Å². The first kappa shape index (κ1) is 21.7. The molecule has 30 heavy (non-hydrogen) atoms. The minimum atomic E-state index is -5.66. The lowest BCUT2D eigenvalue weighted by atomic mass is 9.48. The molecule has 3 unspecified atom stereocenters. The third kappa shape index (κ3) is 3.19. The van der Waals surface area contributed by atoms with Crippen molar-refractivity contribution in [2.75, 3.05) is 0 Å². The van der Waals surface area contributed by atoms with E-state index in [1.165, 1.54) is 5.57 Å². The maximum Gasteiger partial charge on any atom is 0.534 e. The summed E-state index contributed by atoms with van der Waals surface area (Å²) in [5.74, 6) is 0.631. The van der Waals surface area contributed by atoms with Gasteiger partial charge in [0, 0.05) is 11.8 Å². The van der Waals surface area contributed by atoms with E-state index >= 15 is 0 Å². The van der Waals surface area contributed by atoms with E-state index in [2.05, 4.69) is 17.2 Å². The van der Waals surface area contributed by atoms with E-state index in [0.29, 0.717) is 25.2 Å². The van der Waals surface area contributed by atoms with Gasteiger partial charge < -0.3 is 8.92 Å². The summed E-state index contributed by atoms with van der Waals surface area (Å²) in [5.41, 5.74) is -4.85. The molecule has 2 fully saturated rings. The maximum absolute atomic E-state index is 12.8. The molecule has 0 saturated heterocycles. The predicted octanol–water partition coefficient (Wildman–Crippen LogP) is 4.85. The van der Waals surface area contributed by atoms with Gasteiger partial charge in [0.05, 0.1) is 0 Å². The summed E-state index contributed by atoms with van der Waals surface area (Å²) < 4.78 is 71.6. The van der Waals surface area contributed by atoms with Crippen molar-refractivity contribution in [3.8, 4) is 0 Å². The number of carbonyl (C=O) groups excluding carboxylic acids is 1. The number of allylic oxidation sites excluding steroid dienone is 3. The van der Waals surface area contributed by atoms with Crippen molar-refractivity contribution in [3.63, 3.8) is 0 Å². The molecule has 6 atom stereocenters. The standard InChI is InChI=1S/C21H27F3O5S/c1-19-9-7-14(28-12-25)11-13(19)3-4-15-16-5-6-18(20(16,2)10-8-17(15)19)29-30(26,27)21(22,23)24/h3,6,12,14-17H,4-5,7-11H2,1-2H3/t14-,15?,16?,17?,19-,20-/m0/s1. The Bertz CT molecular complexity index is 893. The van der Waals surface area contributed by atoms with Gasteiger partial charge in [-0.3, -0.25) is 4.79 Å². The van der Waals surface area contributed by atoms with Crippen molar-refractivity contribution in [1.29, 1.82) is 0 Å². The van der Waals surface area contributed by atoms with Crippen LogP contribution in [0.25, 0.3) is 0 Å². The molecule has 0 N–H and O–H groups in total. The van der Waals surface area contributed by atoms with Gasteiger partial charge in [-0.1, -0.05) is 25.5 Å². The summed E-state index contributed by atoms with van der Waals surface area (Å²) in [4.78, 5) is 10.7. The van der Waals surface area contributed by atoms with E-state index in [9.17, 15) is 26.4 Å². The highest BCUT2D eigenvalue weighted by Crippen LogP contribution is 2.65. The third-order valence-corrected chi connectivity index (χ3v) is 9.27. The van der Waals surface area contributed by atoms with Gasteiger partial charge in [0.25, 0.3) is 6.47 Å². The Balaban J connectivity index is 1.57. The summed E-state index contributed by atoms with van der Waals surface area (Å²) in [5, 5.41) is 0. The van der Waals surface area contributed by atoms with Gasteiger partial charge in [-0.05, 0) is 67.8 Å². The second kappa shape index (κ2) is 7.00. The maximum atomic E-state index is 12.8. The van der Waals surface area contributed by atoms with Crippen molar-refractivity contribution in [2.45, 2.75) is 70.4 Å². The number of alkyl halides is 3. The van der Waals surface area contributed by atoms with Gasteiger partial charge in [0.2, 0.25) is 0 Å². The lowest BCUT2D eigenvalue weighted by Gasteiger charge is -2.57. The molecule has 0 aromatic rings. The lowest BCUT2D eigenvalue weighted by Crippen LogP contribution is -2.50. The molecule has 2 saturated carbocycles. The Morgan fingerprint density at radius 1 is 1.07 bits per heavy atom. The summed E-state index contributed by atoms with van der Waals surface area (Å²) >= 11 is 0. The normalized spacial score (nSPS) is 41.0. The molecule has 9 heteroatoms. The number of carbonyl (C=O) groups is 1. The van der Waals surface area contributed by atoms with Crippen LogP contribution in [-0.4, -0.2) is 26.5 Å². The first-order valence-corrected chi connectivity index (χ1v) is 11.8. The first-order valence-electron chi connectivity index (χ1n) is 10.4. The summed E-state index contributed by atoms with van der Waals surface area (Å²) in [6, 6.07) is 0. The molecule has 0 aliphatic heterocycles. The van der Waals surface area contributed by atoms with E-state index in [1.54, 1.807) is 6.08 Å². The minimum absolute atomic E-state index is 0.0192. The minimum Gasteiger partial charge on any atom is -0.464 e. The van der Waals surface area contributed by atoms with Crippen molar-refractivity contribution >= 4 is 16.6 Å². The van der Waals surface area contributed by atoms with Crippen LogP contribution in [0.4, 0.5) is 13.2 Å².